The standard InChI is InChI=1S/C26H33N3O3.C4H8O2.C2H6/c1-3-31-17-16-29-25-19-24(32-23-8-5-4-6-9-23)11-10-21(25)18-22(26(29)30)20-28-13-7-12-27(2)14-15-28;1-4(2)6-3-5;1-2/h4-6,8-11,18-19H,3,7,12-17,20H2,1-2H3;3-4H,1-2H3;1-2H3. The van der Waals surface area contributed by atoms with Gasteiger partial charge in [0.25, 0.3) is 12.0 Å². The number of para-hydroxylation sites is 1. The molecule has 2 heterocycles. The average Bonchev–Trinajstić information content (AvgIpc) is 3.16. The predicted molar refractivity (Wildman–Crippen MR) is 162 cm³/mol. The van der Waals surface area contributed by atoms with Crippen molar-refractivity contribution in [1.29, 1.82) is 0 Å². The van der Waals surface area contributed by atoms with E-state index in [0.29, 0.717) is 32.8 Å². The number of benzene rings is 2. The lowest BCUT2D eigenvalue weighted by atomic mass is 10.1. The van der Waals surface area contributed by atoms with Crippen molar-refractivity contribution in [2.45, 2.75) is 60.2 Å². The summed E-state index contributed by atoms with van der Waals surface area (Å²) in [6.07, 6.45) is 1.16. The molecule has 0 unspecified atom stereocenters. The van der Waals surface area contributed by atoms with E-state index in [9.17, 15) is 9.59 Å². The van der Waals surface area contributed by atoms with Gasteiger partial charge in [0.05, 0.1) is 18.2 Å². The van der Waals surface area contributed by atoms with Crippen molar-refractivity contribution in [3.05, 3.63) is 70.5 Å². The molecule has 0 amide bonds. The molecule has 1 aliphatic heterocycles. The number of rotatable bonds is 10. The smallest absolute Gasteiger partial charge is 0.293 e. The van der Waals surface area contributed by atoms with Crippen molar-refractivity contribution < 1.29 is 19.0 Å². The number of carbonyl (C=O) groups excluding carboxylic acids is 1. The Morgan fingerprint density at radius 3 is 2.35 bits per heavy atom. The minimum absolute atomic E-state index is 0.0301. The molecule has 0 N–H and O–H groups in total. The summed E-state index contributed by atoms with van der Waals surface area (Å²) in [5.74, 6) is 1.49. The molecule has 0 radical (unpaired) electrons. The molecule has 0 spiro atoms. The summed E-state index contributed by atoms with van der Waals surface area (Å²) in [7, 11) is 2.16. The molecule has 0 atom stereocenters. The largest absolute Gasteiger partial charge is 0.465 e. The highest BCUT2D eigenvalue weighted by Crippen LogP contribution is 2.26. The second-order valence-corrected chi connectivity index (χ2v) is 9.67. The molecular formula is C32H47N3O5. The fourth-order valence-electron chi connectivity index (χ4n) is 4.35. The molecule has 220 valence electrons. The summed E-state index contributed by atoms with van der Waals surface area (Å²) in [5, 5.41) is 1.04. The van der Waals surface area contributed by atoms with E-state index in [2.05, 4.69) is 27.7 Å². The minimum atomic E-state index is 0.0301. The van der Waals surface area contributed by atoms with Gasteiger partial charge in [0.1, 0.15) is 11.5 Å². The Morgan fingerprint density at radius 2 is 1.70 bits per heavy atom. The molecule has 0 aliphatic carbocycles. The van der Waals surface area contributed by atoms with Gasteiger partial charge in [-0.05, 0) is 83.0 Å². The van der Waals surface area contributed by atoms with Crippen LogP contribution in [0.5, 0.6) is 11.5 Å². The van der Waals surface area contributed by atoms with Gasteiger partial charge in [0.2, 0.25) is 0 Å². The zero-order chi connectivity index (χ0) is 29.3. The Balaban J connectivity index is 0.000000622. The van der Waals surface area contributed by atoms with Crippen LogP contribution in [0.4, 0.5) is 0 Å². The first-order valence-corrected chi connectivity index (χ1v) is 14.4. The SMILES string of the molecule is CC.CC(C)OC=O.CCOCCn1c(=O)c(CN2CCCN(C)CC2)cc2ccc(Oc3ccccc3)cc21. The molecule has 3 aromatic rings. The van der Waals surface area contributed by atoms with Gasteiger partial charge in [-0.3, -0.25) is 14.5 Å². The Bertz CT molecular complexity index is 1200. The van der Waals surface area contributed by atoms with Gasteiger partial charge in [-0.2, -0.15) is 0 Å². The first kappa shape index (κ1) is 33.0. The van der Waals surface area contributed by atoms with Crippen molar-refractivity contribution in [3.8, 4) is 11.5 Å². The Labute approximate surface area is 239 Å². The molecule has 40 heavy (non-hydrogen) atoms. The maximum Gasteiger partial charge on any atom is 0.293 e. The van der Waals surface area contributed by atoms with Crippen LogP contribution in [0.3, 0.4) is 0 Å². The Hall–Kier alpha value is -3.20. The Morgan fingerprint density at radius 1 is 0.950 bits per heavy atom. The van der Waals surface area contributed by atoms with Crippen LogP contribution in [0.2, 0.25) is 0 Å². The third-order valence-corrected chi connectivity index (χ3v) is 6.32. The van der Waals surface area contributed by atoms with Crippen molar-refractivity contribution in [3.63, 3.8) is 0 Å². The number of pyridine rings is 1. The summed E-state index contributed by atoms with van der Waals surface area (Å²) < 4.78 is 17.8. The number of hydrogen-bond acceptors (Lipinski definition) is 7. The van der Waals surface area contributed by atoms with Crippen molar-refractivity contribution in [1.82, 2.24) is 14.4 Å². The topological polar surface area (TPSA) is 73.2 Å². The van der Waals surface area contributed by atoms with E-state index in [1.807, 2.05) is 73.9 Å². The van der Waals surface area contributed by atoms with E-state index in [4.69, 9.17) is 9.47 Å². The zero-order valence-electron chi connectivity index (χ0n) is 25.1. The second-order valence-electron chi connectivity index (χ2n) is 9.67. The van der Waals surface area contributed by atoms with E-state index in [1.54, 1.807) is 13.8 Å². The monoisotopic (exact) mass is 553 g/mol. The van der Waals surface area contributed by atoms with Crippen LogP contribution in [-0.2, 0) is 27.4 Å². The van der Waals surface area contributed by atoms with Crippen LogP contribution in [-0.4, -0.2) is 73.4 Å². The number of nitrogens with zero attached hydrogens (tertiary/aromatic N) is 3. The number of carbonyl (C=O) groups is 1. The van der Waals surface area contributed by atoms with E-state index < -0.39 is 0 Å². The first-order valence-electron chi connectivity index (χ1n) is 14.4. The maximum atomic E-state index is 13.5. The van der Waals surface area contributed by atoms with E-state index >= 15 is 0 Å². The molecule has 0 saturated carbocycles. The van der Waals surface area contributed by atoms with Crippen molar-refractivity contribution >= 4 is 17.4 Å². The fourth-order valence-corrected chi connectivity index (χ4v) is 4.35. The van der Waals surface area contributed by atoms with Gasteiger partial charge in [-0.15, -0.1) is 0 Å². The van der Waals surface area contributed by atoms with Gasteiger partial charge in [0.15, 0.2) is 0 Å². The average molecular weight is 554 g/mol. The van der Waals surface area contributed by atoms with E-state index in [1.165, 1.54) is 0 Å². The van der Waals surface area contributed by atoms with Gasteiger partial charge in [-0.25, -0.2) is 0 Å². The van der Waals surface area contributed by atoms with Crippen LogP contribution >= 0.6 is 0 Å². The van der Waals surface area contributed by atoms with Gasteiger partial charge < -0.3 is 23.7 Å². The third kappa shape index (κ3) is 10.8. The van der Waals surface area contributed by atoms with Crippen molar-refractivity contribution in [2.75, 3.05) is 46.4 Å². The zero-order valence-corrected chi connectivity index (χ0v) is 25.1. The number of aromatic nitrogens is 1. The number of likely N-dealkylation sites (N-methyl/N-ethyl adjacent to an activating group) is 1. The molecule has 1 aliphatic rings. The molecule has 1 saturated heterocycles. The van der Waals surface area contributed by atoms with Crippen LogP contribution in [0.1, 0.15) is 46.6 Å². The second kappa shape index (κ2) is 18.2. The van der Waals surface area contributed by atoms with Crippen LogP contribution in [0.25, 0.3) is 10.9 Å². The third-order valence-electron chi connectivity index (χ3n) is 6.32. The van der Waals surface area contributed by atoms with Crippen LogP contribution in [0, 0.1) is 0 Å². The minimum Gasteiger partial charge on any atom is -0.465 e. The lowest BCUT2D eigenvalue weighted by molar-refractivity contribution is -0.131. The number of hydrogen-bond donors (Lipinski definition) is 0. The highest BCUT2D eigenvalue weighted by molar-refractivity contribution is 5.81. The van der Waals surface area contributed by atoms with Gasteiger partial charge in [-0.1, -0.05) is 32.0 Å². The van der Waals surface area contributed by atoms with Gasteiger partial charge >= 0.3 is 0 Å². The maximum absolute atomic E-state index is 13.5. The summed E-state index contributed by atoms with van der Waals surface area (Å²) >= 11 is 0. The summed E-state index contributed by atoms with van der Waals surface area (Å²) in [4.78, 5) is 27.6. The molecule has 1 aromatic heterocycles. The highest BCUT2D eigenvalue weighted by atomic mass is 16.5. The number of fused-ring (bicyclic) bond motifs is 1. The molecule has 0 bridgehead atoms. The summed E-state index contributed by atoms with van der Waals surface area (Å²) in [5.41, 5.74) is 1.78. The van der Waals surface area contributed by atoms with Gasteiger partial charge in [0, 0.05) is 44.4 Å². The Kier molecular flexibility index (Phi) is 15.0. The highest BCUT2D eigenvalue weighted by Gasteiger charge is 2.16. The van der Waals surface area contributed by atoms with E-state index in [0.717, 1.165) is 60.6 Å². The summed E-state index contributed by atoms with van der Waals surface area (Å²) in [6.45, 7) is 16.5. The molecule has 8 heteroatoms. The molecule has 4 rings (SSSR count). The van der Waals surface area contributed by atoms with E-state index in [-0.39, 0.29) is 11.7 Å². The van der Waals surface area contributed by atoms with Crippen molar-refractivity contribution in [2.24, 2.45) is 0 Å². The lowest BCUT2D eigenvalue weighted by Crippen LogP contribution is -2.33. The lowest BCUT2D eigenvalue weighted by Gasteiger charge is -2.21. The first-order chi connectivity index (χ1) is 19.4. The molecule has 2 aromatic carbocycles. The molecule has 1 fully saturated rings. The normalized spacial score (nSPS) is 14.0. The summed E-state index contributed by atoms with van der Waals surface area (Å²) in [6, 6.07) is 17.7. The fraction of sp³-hybridized carbons (Fsp3) is 0.500. The van der Waals surface area contributed by atoms with Crippen LogP contribution in [0.15, 0.2) is 59.4 Å². The number of ether oxygens (including phenoxy) is 3. The van der Waals surface area contributed by atoms with Crippen LogP contribution < -0.4 is 10.3 Å². The molecule has 8 nitrogen and oxygen atoms in total. The predicted octanol–water partition coefficient (Wildman–Crippen LogP) is 5.56. The quantitative estimate of drug-likeness (QED) is 0.240. The molecular weight excluding hydrogens is 506 g/mol.